The van der Waals surface area contributed by atoms with Gasteiger partial charge in [-0.25, -0.2) is 4.79 Å². The Morgan fingerprint density at radius 1 is 1.39 bits per heavy atom. The Kier molecular flexibility index (Phi) is 5.20. The second kappa shape index (κ2) is 6.95. The highest BCUT2D eigenvalue weighted by Crippen LogP contribution is 2.16. The maximum atomic E-state index is 12.0. The molecule has 7 heteroatoms. The second-order valence-corrected chi connectivity index (χ2v) is 6.72. The number of rotatable bonds is 4. The van der Waals surface area contributed by atoms with E-state index in [0.717, 1.165) is 12.0 Å². The normalized spacial score (nSPS) is 18.0. The van der Waals surface area contributed by atoms with Gasteiger partial charge in [-0.05, 0) is 32.8 Å². The molecule has 0 unspecified atom stereocenters. The lowest BCUT2D eigenvalue weighted by Gasteiger charge is -2.24. The quantitative estimate of drug-likeness (QED) is 0.681. The first kappa shape index (κ1) is 17.2. The molecule has 0 aromatic heterocycles. The molecule has 0 saturated carbocycles. The number of hydrogen-bond acceptors (Lipinski definition) is 5. The van der Waals surface area contributed by atoms with Crippen LogP contribution in [0.2, 0.25) is 0 Å². The summed E-state index contributed by atoms with van der Waals surface area (Å²) in [4.78, 5) is 23.9. The zero-order valence-electron chi connectivity index (χ0n) is 13.7. The molecule has 1 N–H and O–H groups in total. The largest absolute Gasteiger partial charge is 0.444 e. The lowest BCUT2D eigenvalue weighted by molar-refractivity contribution is -0.384. The van der Waals surface area contributed by atoms with E-state index in [4.69, 9.17) is 4.74 Å². The summed E-state index contributed by atoms with van der Waals surface area (Å²) < 4.78 is 5.36. The van der Waals surface area contributed by atoms with Gasteiger partial charge < -0.3 is 15.0 Å². The third-order valence-electron chi connectivity index (χ3n) is 3.58. The number of nitrogens with one attached hydrogen (secondary N) is 1. The Balaban J connectivity index is 1.79. The van der Waals surface area contributed by atoms with Crippen molar-refractivity contribution in [2.45, 2.75) is 45.4 Å². The summed E-state index contributed by atoms with van der Waals surface area (Å²) >= 11 is 0. The topological polar surface area (TPSA) is 84.7 Å². The fourth-order valence-electron chi connectivity index (χ4n) is 2.42. The maximum Gasteiger partial charge on any atom is 0.410 e. The van der Waals surface area contributed by atoms with E-state index in [2.05, 4.69) is 5.32 Å². The third-order valence-corrected chi connectivity index (χ3v) is 3.58. The molecule has 1 atom stereocenters. The first-order valence-electron chi connectivity index (χ1n) is 7.69. The van der Waals surface area contributed by atoms with Crippen molar-refractivity contribution in [1.29, 1.82) is 0 Å². The minimum Gasteiger partial charge on any atom is -0.444 e. The predicted molar refractivity (Wildman–Crippen MR) is 86.1 cm³/mol. The van der Waals surface area contributed by atoms with Crippen LogP contribution in [0.1, 0.15) is 32.8 Å². The fraction of sp³-hybridized carbons (Fsp3) is 0.562. The molecular formula is C16H23N3O4. The van der Waals surface area contributed by atoms with Crippen LogP contribution in [-0.2, 0) is 11.3 Å². The highest BCUT2D eigenvalue weighted by molar-refractivity contribution is 5.68. The number of likely N-dealkylation sites (tertiary alicyclic amines) is 1. The van der Waals surface area contributed by atoms with Gasteiger partial charge in [-0.15, -0.1) is 0 Å². The number of nitro benzene ring substituents is 1. The van der Waals surface area contributed by atoms with E-state index in [1.807, 2.05) is 20.8 Å². The number of hydrogen-bond donors (Lipinski definition) is 1. The van der Waals surface area contributed by atoms with Crippen molar-refractivity contribution in [2.24, 2.45) is 0 Å². The van der Waals surface area contributed by atoms with Crippen molar-refractivity contribution in [3.05, 3.63) is 39.9 Å². The van der Waals surface area contributed by atoms with Crippen LogP contribution in [0.5, 0.6) is 0 Å². The minimum absolute atomic E-state index is 0.0886. The molecule has 0 radical (unpaired) electrons. The second-order valence-electron chi connectivity index (χ2n) is 6.72. The number of benzene rings is 1. The van der Waals surface area contributed by atoms with E-state index in [9.17, 15) is 14.9 Å². The molecule has 1 aromatic rings. The summed E-state index contributed by atoms with van der Waals surface area (Å²) in [6.07, 6.45) is 0.587. The van der Waals surface area contributed by atoms with Crippen molar-refractivity contribution in [3.63, 3.8) is 0 Å². The Morgan fingerprint density at radius 3 is 2.61 bits per heavy atom. The SMILES string of the molecule is CC(C)(C)OC(=O)N1CC[C@@H](NCc2ccc([N+](=O)[O-])cc2)C1. The molecule has 0 spiro atoms. The highest BCUT2D eigenvalue weighted by Gasteiger charge is 2.29. The summed E-state index contributed by atoms with van der Waals surface area (Å²) in [5.41, 5.74) is 0.582. The summed E-state index contributed by atoms with van der Waals surface area (Å²) in [5, 5.41) is 14.0. The number of nitro groups is 1. The number of amides is 1. The number of nitrogens with zero attached hydrogens (tertiary/aromatic N) is 2. The lowest BCUT2D eigenvalue weighted by Crippen LogP contribution is -2.38. The molecule has 1 fully saturated rings. The summed E-state index contributed by atoms with van der Waals surface area (Å²) in [6, 6.07) is 6.69. The van der Waals surface area contributed by atoms with Crippen LogP contribution in [0.15, 0.2) is 24.3 Å². The van der Waals surface area contributed by atoms with E-state index in [0.29, 0.717) is 19.6 Å². The predicted octanol–water partition coefficient (Wildman–Crippen LogP) is 2.69. The van der Waals surface area contributed by atoms with E-state index in [1.165, 1.54) is 12.1 Å². The van der Waals surface area contributed by atoms with Gasteiger partial charge in [0.1, 0.15) is 5.60 Å². The summed E-state index contributed by atoms with van der Waals surface area (Å²) in [7, 11) is 0. The Morgan fingerprint density at radius 2 is 2.04 bits per heavy atom. The number of carbonyl (C=O) groups is 1. The number of ether oxygens (including phenoxy) is 1. The lowest BCUT2D eigenvalue weighted by atomic mass is 10.2. The van der Waals surface area contributed by atoms with Crippen molar-refractivity contribution in [2.75, 3.05) is 13.1 Å². The zero-order chi connectivity index (χ0) is 17.0. The van der Waals surface area contributed by atoms with Gasteiger partial charge in [-0.1, -0.05) is 12.1 Å². The first-order chi connectivity index (χ1) is 10.7. The molecule has 1 saturated heterocycles. The van der Waals surface area contributed by atoms with E-state index < -0.39 is 10.5 Å². The molecule has 1 aliphatic rings. The summed E-state index contributed by atoms with van der Waals surface area (Å²) in [5.74, 6) is 0. The Labute approximate surface area is 135 Å². The average molecular weight is 321 g/mol. The van der Waals surface area contributed by atoms with Gasteiger partial charge in [-0.2, -0.15) is 0 Å². The van der Waals surface area contributed by atoms with Gasteiger partial charge in [0.25, 0.3) is 5.69 Å². The smallest absolute Gasteiger partial charge is 0.410 e. The van der Waals surface area contributed by atoms with Gasteiger partial charge in [0.05, 0.1) is 4.92 Å². The van der Waals surface area contributed by atoms with Crippen molar-refractivity contribution < 1.29 is 14.5 Å². The molecule has 0 aliphatic carbocycles. The van der Waals surface area contributed by atoms with Crippen LogP contribution in [-0.4, -0.2) is 40.6 Å². The van der Waals surface area contributed by atoms with Crippen LogP contribution in [0.4, 0.5) is 10.5 Å². The monoisotopic (exact) mass is 321 g/mol. The molecule has 7 nitrogen and oxygen atoms in total. The van der Waals surface area contributed by atoms with Crippen LogP contribution >= 0.6 is 0 Å². The molecule has 1 heterocycles. The molecule has 1 amide bonds. The van der Waals surface area contributed by atoms with Gasteiger partial charge in [0.2, 0.25) is 0 Å². The maximum absolute atomic E-state index is 12.0. The molecule has 23 heavy (non-hydrogen) atoms. The van der Waals surface area contributed by atoms with Crippen molar-refractivity contribution >= 4 is 11.8 Å². The van der Waals surface area contributed by atoms with Crippen LogP contribution in [0.3, 0.4) is 0 Å². The van der Waals surface area contributed by atoms with Gasteiger partial charge in [-0.3, -0.25) is 10.1 Å². The average Bonchev–Trinajstić information content (AvgIpc) is 2.93. The van der Waals surface area contributed by atoms with Crippen LogP contribution in [0.25, 0.3) is 0 Å². The van der Waals surface area contributed by atoms with Gasteiger partial charge in [0, 0.05) is 37.8 Å². The molecule has 2 rings (SSSR count). The number of carbonyl (C=O) groups excluding carboxylic acids is 1. The molecular weight excluding hydrogens is 298 g/mol. The summed E-state index contributed by atoms with van der Waals surface area (Å²) in [6.45, 7) is 7.46. The van der Waals surface area contributed by atoms with Crippen molar-refractivity contribution in [1.82, 2.24) is 10.2 Å². The van der Waals surface area contributed by atoms with Gasteiger partial charge in [0.15, 0.2) is 0 Å². The molecule has 0 bridgehead atoms. The van der Waals surface area contributed by atoms with E-state index in [1.54, 1.807) is 17.0 Å². The Hall–Kier alpha value is -2.15. The molecule has 1 aliphatic heterocycles. The molecule has 126 valence electrons. The van der Waals surface area contributed by atoms with Crippen LogP contribution < -0.4 is 5.32 Å². The third kappa shape index (κ3) is 5.21. The standard InChI is InChI=1S/C16H23N3O4/c1-16(2,3)23-15(20)18-9-8-13(11-18)17-10-12-4-6-14(7-5-12)19(21)22/h4-7,13,17H,8-11H2,1-3H3/t13-/m1/s1. The molecule has 1 aromatic carbocycles. The van der Waals surface area contributed by atoms with E-state index >= 15 is 0 Å². The Bertz CT molecular complexity index is 566. The van der Waals surface area contributed by atoms with Gasteiger partial charge >= 0.3 is 6.09 Å². The van der Waals surface area contributed by atoms with Crippen molar-refractivity contribution in [3.8, 4) is 0 Å². The first-order valence-corrected chi connectivity index (χ1v) is 7.69. The van der Waals surface area contributed by atoms with E-state index in [-0.39, 0.29) is 17.8 Å². The number of non-ortho nitro benzene ring substituents is 1. The van der Waals surface area contributed by atoms with Crippen LogP contribution in [0, 0.1) is 10.1 Å². The minimum atomic E-state index is -0.485. The zero-order valence-corrected chi connectivity index (χ0v) is 13.7. The fourth-order valence-corrected chi connectivity index (χ4v) is 2.42. The highest BCUT2D eigenvalue weighted by atomic mass is 16.6.